The van der Waals surface area contributed by atoms with Crippen LogP contribution in [0.25, 0.3) is 15.5 Å². The molecule has 16 heavy (non-hydrogen) atoms. The quantitative estimate of drug-likeness (QED) is 0.635. The molecule has 0 aromatic carbocycles. The Bertz CT molecular complexity index is 658. The lowest BCUT2D eigenvalue weighted by Crippen LogP contribution is -1.81. The summed E-state index contributed by atoms with van der Waals surface area (Å²) in [5.74, 6) is 0. The molecule has 0 aliphatic carbocycles. The molecule has 3 aromatic heterocycles. The number of hydrogen-bond donors (Lipinski definition) is 0. The first-order valence-electron chi connectivity index (χ1n) is 5.17. The second-order valence-electron chi connectivity index (χ2n) is 3.93. The maximum atomic E-state index is 4.67. The summed E-state index contributed by atoms with van der Waals surface area (Å²) in [5, 5.41) is 0. The second kappa shape index (κ2) is 3.43. The molecular formula is C12H12N2S2. The van der Waals surface area contributed by atoms with Crippen LogP contribution in [0.3, 0.4) is 0 Å². The van der Waals surface area contributed by atoms with Gasteiger partial charge in [0.15, 0.2) is 4.96 Å². The number of imidazole rings is 1. The van der Waals surface area contributed by atoms with E-state index >= 15 is 0 Å². The third-order valence-electron chi connectivity index (χ3n) is 2.78. The van der Waals surface area contributed by atoms with Crippen LogP contribution in [0.15, 0.2) is 18.3 Å². The summed E-state index contributed by atoms with van der Waals surface area (Å²) in [5.41, 5.74) is 2.39. The number of aryl methyl sites for hydroxylation is 3. The second-order valence-corrected chi connectivity index (χ2v) is 6.40. The summed E-state index contributed by atoms with van der Waals surface area (Å²) in [6, 6.07) is 4.29. The number of aromatic nitrogens is 2. The van der Waals surface area contributed by atoms with Crippen molar-refractivity contribution in [3.05, 3.63) is 33.8 Å². The van der Waals surface area contributed by atoms with Crippen molar-refractivity contribution >= 4 is 27.6 Å². The van der Waals surface area contributed by atoms with E-state index in [1.165, 1.54) is 20.3 Å². The van der Waals surface area contributed by atoms with E-state index in [0.717, 1.165) is 10.7 Å². The van der Waals surface area contributed by atoms with Crippen molar-refractivity contribution in [3.63, 3.8) is 0 Å². The molecule has 0 atom stereocenters. The van der Waals surface area contributed by atoms with E-state index < -0.39 is 0 Å². The number of fused-ring (bicyclic) bond motifs is 1. The van der Waals surface area contributed by atoms with E-state index in [2.05, 4.69) is 48.5 Å². The van der Waals surface area contributed by atoms with Gasteiger partial charge >= 0.3 is 0 Å². The van der Waals surface area contributed by atoms with E-state index in [9.17, 15) is 0 Å². The molecule has 0 amide bonds. The molecule has 3 rings (SSSR count). The highest BCUT2D eigenvalue weighted by Crippen LogP contribution is 2.30. The maximum Gasteiger partial charge on any atom is 0.194 e. The molecule has 4 heteroatoms. The maximum absolute atomic E-state index is 4.67. The van der Waals surface area contributed by atoms with Crippen LogP contribution in [0.5, 0.6) is 0 Å². The van der Waals surface area contributed by atoms with Crippen LogP contribution in [0.1, 0.15) is 15.4 Å². The fourth-order valence-electron chi connectivity index (χ4n) is 1.75. The summed E-state index contributed by atoms with van der Waals surface area (Å²) in [6.07, 6.45) is 2.14. The monoisotopic (exact) mass is 248 g/mol. The van der Waals surface area contributed by atoms with Crippen LogP contribution in [-0.2, 0) is 0 Å². The molecule has 0 aliphatic rings. The number of thiazole rings is 1. The highest BCUT2D eigenvalue weighted by molar-refractivity contribution is 7.17. The molecule has 0 bridgehead atoms. The van der Waals surface area contributed by atoms with Gasteiger partial charge in [0.1, 0.15) is 5.69 Å². The molecular weight excluding hydrogens is 236 g/mol. The fourth-order valence-corrected chi connectivity index (χ4v) is 3.52. The van der Waals surface area contributed by atoms with Crippen molar-refractivity contribution in [1.82, 2.24) is 9.38 Å². The van der Waals surface area contributed by atoms with Crippen LogP contribution in [0.4, 0.5) is 0 Å². The van der Waals surface area contributed by atoms with Gasteiger partial charge < -0.3 is 0 Å². The van der Waals surface area contributed by atoms with Crippen molar-refractivity contribution < 1.29 is 0 Å². The van der Waals surface area contributed by atoms with E-state index in [0.29, 0.717) is 0 Å². The van der Waals surface area contributed by atoms with Gasteiger partial charge in [0.05, 0.1) is 4.88 Å². The summed E-state index contributed by atoms with van der Waals surface area (Å²) >= 11 is 3.56. The minimum atomic E-state index is 1.09. The predicted molar refractivity (Wildman–Crippen MR) is 70.6 cm³/mol. The van der Waals surface area contributed by atoms with Crippen LogP contribution in [0, 0.1) is 20.8 Å². The zero-order valence-corrected chi connectivity index (χ0v) is 11.1. The largest absolute Gasteiger partial charge is 0.294 e. The Morgan fingerprint density at radius 1 is 1.12 bits per heavy atom. The molecule has 0 saturated carbocycles. The smallest absolute Gasteiger partial charge is 0.194 e. The molecule has 82 valence electrons. The molecule has 0 spiro atoms. The molecule has 2 nitrogen and oxygen atoms in total. The first kappa shape index (κ1) is 10.1. The summed E-state index contributed by atoms with van der Waals surface area (Å²) in [7, 11) is 0. The Morgan fingerprint density at radius 3 is 2.56 bits per heavy atom. The topological polar surface area (TPSA) is 17.3 Å². The highest BCUT2D eigenvalue weighted by Gasteiger charge is 2.10. The molecule has 3 heterocycles. The van der Waals surface area contributed by atoms with E-state index in [1.54, 1.807) is 22.7 Å². The minimum absolute atomic E-state index is 1.09. The number of rotatable bonds is 1. The van der Waals surface area contributed by atoms with Gasteiger partial charge in [0.25, 0.3) is 0 Å². The summed E-state index contributed by atoms with van der Waals surface area (Å²) < 4.78 is 2.18. The van der Waals surface area contributed by atoms with Crippen molar-refractivity contribution in [3.8, 4) is 10.6 Å². The normalized spacial score (nSPS) is 11.4. The van der Waals surface area contributed by atoms with Crippen molar-refractivity contribution in [2.45, 2.75) is 20.8 Å². The summed E-state index contributed by atoms with van der Waals surface area (Å²) in [4.78, 5) is 9.70. The zero-order chi connectivity index (χ0) is 11.3. The Hall–Kier alpha value is -1.13. The molecule has 0 radical (unpaired) electrons. The molecule has 0 aliphatic heterocycles. The first-order chi connectivity index (χ1) is 7.65. The van der Waals surface area contributed by atoms with Gasteiger partial charge in [-0.1, -0.05) is 0 Å². The lowest BCUT2D eigenvalue weighted by atomic mass is 10.3. The van der Waals surface area contributed by atoms with Gasteiger partial charge in [0.2, 0.25) is 0 Å². The lowest BCUT2D eigenvalue weighted by Gasteiger charge is -1.90. The molecule has 3 aromatic rings. The Balaban J connectivity index is 2.19. The SMILES string of the molecule is Cc1ccc(-c2cn3c(C)c(C)sc3n2)s1. The average molecular weight is 248 g/mol. The van der Waals surface area contributed by atoms with Crippen LogP contribution in [-0.4, -0.2) is 9.38 Å². The number of nitrogens with zero attached hydrogens (tertiary/aromatic N) is 2. The van der Waals surface area contributed by atoms with E-state index in [-0.39, 0.29) is 0 Å². The van der Waals surface area contributed by atoms with Crippen LogP contribution in [0.2, 0.25) is 0 Å². The highest BCUT2D eigenvalue weighted by atomic mass is 32.1. The fraction of sp³-hybridized carbons (Fsp3) is 0.250. The zero-order valence-electron chi connectivity index (χ0n) is 9.44. The Labute approximate surface area is 102 Å². The van der Waals surface area contributed by atoms with Crippen molar-refractivity contribution in [2.75, 3.05) is 0 Å². The van der Waals surface area contributed by atoms with Gasteiger partial charge in [-0.3, -0.25) is 4.40 Å². The van der Waals surface area contributed by atoms with Gasteiger partial charge in [-0.2, -0.15) is 0 Å². The van der Waals surface area contributed by atoms with Gasteiger partial charge in [-0.05, 0) is 32.9 Å². The summed E-state index contributed by atoms with van der Waals surface area (Å²) in [6.45, 7) is 6.41. The molecule has 0 fully saturated rings. The predicted octanol–water partition coefficient (Wildman–Crippen LogP) is 4.05. The lowest BCUT2D eigenvalue weighted by molar-refractivity contribution is 1.11. The molecule has 0 N–H and O–H groups in total. The van der Waals surface area contributed by atoms with Gasteiger partial charge in [0, 0.05) is 21.6 Å². The van der Waals surface area contributed by atoms with Gasteiger partial charge in [-0.25, -0.2) is 4.98 Å². The van der Waals surface area contributed by atoms with E-state index in [4.69, 9.17) is 0 Å². The van der Waals surface area contributed by atoms with Crippen LogP contribution < -0.4 is 0 Å². The Morgan fingerprint density at radius 2 is 1.94 bits per heavy atom. The Kier molecular flexibility index (Phi) is 2.16. The third-order valence-corrected chi connectivity index (χ3v) is 4.88. The first-order valence-corrected chi connectivity index (χ1v) is 6.80. The molecule has 0 unspecified atom stereocenters. The average Bonchev–Trinajstić information content (AvgIpc) is 2.87. The number of hydrogen-bond acceptors (Lipinski definition) is 3. The minimum Gasteiger partial charge on any atom is -0.294 e. The third kappa shape index (κ3) is 1.41. The number of thiophene rings is 1. The standard InChI is InChI=1S/C12H12N2S2/c1-7-4-5-11(15-7)10-6-14-8(2)9(3)16-12(14)13-10/h4-6H,1-3H3. The molecule has 0 saturated heterocycles. The van der Waals surface area contributed by atoms with Crippen molar-refractivity contribution in [2.24, 2.45) is 0 Å². The van der Waals surface area contributed by atoms with Gasteiger partial charge in [-0.15, -0.1) is 22.7 Å². The van der Waals surface area contributed by atoms with Crippen molar-refractivity contribution in [1.29, 1.82) is 0 Å². The van der Waals surface area contributed by atoms with E-state index in [1.807, 2.05) is 0 Å². The van der Waals surface area contributed by atoms with Crippen LogP contribution >= 0.6 is 22.7 Å².